The Hall–Kier alpha value is -2.71. The Balaban J connectivity index is 2.26. The van der Waals surface area contributed by atoms with E-state index >= 15 is 0 Å². The predicted molar refractivity (Wildman–Crippen MR) is 84.2 cm³/mol. The fraction of sp³-hybridized carbons (Fsp3) is 0. The number of carbonyl (C=O) groups is 1. The molecule has 0 aliphatic rings. The molecule has 2 aromatic carbocycles. The molecule has 0 heterocycles. The molecule has 0 atom stereocenters. The number of rotatable bonds is 4. The Morgan fingerprint density at radius 3 is 1.83 bits per heavy atom. The lowest BCUT2D eigenvalue weighted by atomic mass is 10.2. The van der Waals surface area contributed by atoms with Gasteiger partial charge in [-0.05, 0) is 12.1 Å². The van der Waals surface area contributed by atoms with E-state index < -0.39 is 15.8 Å². The SMILES string of the molecule is O=C(Nc1c(Cl)cc([N+](=O)[O-])cc1Cl)c1ccc([N+](=O)[O-])cc1. The Labute approximate surface area is 138 Å². The van der Waals surface area contributed by atoms with Crippen LogP contribution in [0.3, 0.4) is 0 Å². The average molecular weight is 356 g/mol. The highest BCUT2D eigenvalue weighted by Gasteiger charge is 2.17. The molecule has 23 heavy (non-hydrogen) atoms. The fourth-order valence-electron chi connectivity index (χ4n) is 1.70. The topological polar surface area (TPSA) is 115 Å². The van der Waals surface area contributed by atoms with Gasteiger partial charge in [0.05, 0.1) is 25.6 Å². The summed E-state index contributed by atoms with van der Waals surface area (Å²) in [6, 6.07) is 6.99. The van der Waals surface area contributed by atoms with Crippen molar-refractivity contribution in [3.63, 3.8) is 0 Å². The van der Waals surface area contributed by atoms with E-state index in [1.165, 1.54) is 24.3 Å². The van der Waals surface area contributed by atoms with Gasteiger partial charge in [0, 0.05) is 29.8 Å². The van der Waals surface area contributed by atoms with Gasteiger partial charge in [0.25, 0.3) is 17.3 Å². The largest absolute Gasteiger partial charge is 0.319 e. The van der Waals surface area contributed by atoms with Gasteiger partial charge in [-0.1, -0.05) is 23.2 Å². The van der Waals surface area contributed by atoms with Gasteiger partial charge in [-0.2, -0.15) is 0 Å². The Morgan fingerprint density at radius 1 is 0.913 bits per heavy atom. The van der Waals surface area contributed by atoms with Crippen LogP contribution < -0.4 is 5.32 Å². The summed E-state index contributed by atoms with van der Waals surface area (Å²) < 4.78 is 0. The summed E-state index contributed by atoms with van der Waals surface area (Å²) in [6.45, 7) is 0. The summed E-state index contributed by atoms with van der Waals surface area (Å²) in [4.78, 5) is 32.1. The average Bonchev–Trinajstić information content (AvgIpc) is 2.50. The van der Waals surface area contributed by atoms with Crippen molar-refractivity contribution in [1.29, 1.82) is 0 Å². The molecule has 0 bridgehead atoms. The van der Waals surface area contributed by atoms with Crippen molar-refractivity contribution in [2.45, 2.75) is 0 Å². The minimum absolute atomic E-state index is 0.0160. The van der Waals surface area contributed by atoms with Crippen molar-refractivity contribution in [3.8, 4) is 0 Å². The molecule has 0 aromatic heterocycles. The van der Waals surface area contributed by atoms with Crippen LogP contribution >= 0.6 is 23.2 Å². The second-order valence-corrected chi connectivity index (χ2v) is 5.11. The third-order valence-corrected chi connectivity index (χ3v) is 3.41. The molecule has 0 fully saturated rings. The van der Waals surface area contributed by atoms with E-state index in [1.807, 2.05) is 0 Å². The van der Waals surface area contributed by atoms with Crippen LogP contribution in [0.15, 0.2) is 36.4 Å². The number of carbonyl (C=O) groups excluding carboxylic acids is 1. The van der Waals surface area contributed by atoms with E-state index in [0.717, 1.165) is 12.1 Å². The lowest BCUT2D eigenvalue weighted by Crippen LogP contribution is -2.12. The maximum absolute atomic E-state index is 12.1. The Morgan fingerprint density at radius 2 is 1.39 bits per heavy atom. The smallest absolute Gasteiger partial charge is 0.272 e. The normalized spacial score (nSPS) is 10.2. The highest BCUT2D eigenvalue weighted by atomic mass is 35.5. The van der Waals surface area contributed by atoms with Crippen molar-refractivity contribution >= 4 is 46.2 Å². The van der Waals surface area contributed by atoms with Crippen LogP contribution in [0.25, 0.3) is 0 Å². The van der Waals surface area contributed by atoms with Crippen LogP contribution in [-0.4, -0.2) is 15.8 Å². The Kier molecular flexibility index (Phi) is 4.77. The van der Waals surface area contributed by atoms with E-state index in [4.69, 9.17) is 23.2 Å². The summed E-state index contributed by atoms with van der Waals surface area (Å²) in [5.74, 6) is -0.613. The molecule has 118 valence electrons. The van der Waals surface area contributed by atoms with E-state index in [-0.39, 0.29) is 32.7 Å². The molecule has 0 unspecified atom stereocenters. The number of hydrogen-bond acceptors (Lipinski definition) is 5. The number of nitro benzene ring substituents is 2. The number of nitrogens with one attached hydrogen (secondary N) is 1. The van der Waals surface area contributed by atoms with Gasteiger partial charge in [-0.3, -0.25) is 25.0 Å². The maximum atomic E-state index is 12.1. The van der Waals surface area contributed by atoms with Crippen molar-refractivity contribution in [1.82, 2.24) is 0 Å². The van der Waals surface area contributed by atoms with Crippen LogP contribution in [0.2, 0.25) is 10.0 Å². The number of nitro groups is 2. The zero-order valence-corrected chi connectivity index (χ0v) is 12.7. The van der Waals surface area contributed by atoms with Crippen molar-refractivity contribution < 1.29 is 14.6 Å². The molecular formula is C13H7Cl2N3O5. The molecule has 10 heteroatoms. The minimum atomic E-state index is -0.667. The summed E-state index contributed by atoms with van der Waals surface area (Å²) in [5.41, 5.74) is -0.315. The second kappa shape index (κ2) is 6.59. The molecule has 0 saturated carbocycles. The third-order valence-electron chi connectivity index (χ3n) is 2.82. The molecule has 0 aliphatic carbocycles. The molecule has 2 rings (SSSR count). The zero-order valence-electron chi connectivity index (χ0n) is 11.2. The van der Waals surface area contributed by atoms with Gasteiger partial charge in [0.2, 0.25) is 0 Å². The van der Waals surface area contributed by atoms with Crippen LogP contribution in [0.5, 0.6) is 0 Å². The highest BCUT2D eigenvalue weighted by molar-refractivity contribution is 6.40. The molecule has 1 N–H and O–H groups in total. The predicted octanol–water partition coefficient (Wildman–Crippen LogP) is 4.06. The van der Waals surface area contributed by atoms with Gasteiger partial charge >= 0.3 is 0 Å². The van der Waals surface area contributed by atoms with Gasteiger partial charge in [0.1, 0.15) is 0 Å². The van der Waals surface area contributed by atoms with Crippen LogP contribution in [0.1, 0.15) is 10.4 Å². The first-order valence-corrected chi connectivity index (χ1v) is 6.74. The van der Waals surface area contributed by atoms with Gasteiger partial charge < -0.3 is 5.32 Å². The van der Waals surface area contributed by atoms with Crippen molar-refractivity contribution in [2.24, 2.45) is 0 Å². The van der Waals surface area contributed by atoms with E-state index in [2.05, 4.69) is 5.32 Å². The molecule has 0 radical (unpaired) electrons. The monoisotopic (exact) mass is 355 g/mol. The van der Waals surface area contributed by atoms with Gasteiger partial charge in [-0.25, -0.2) is 0 Å². The molecule has 0 saturated heterocycles. The fourth-order valence-corrected chi connectivity index (χ4v) is 2.27. The molecule has 8 nitrogen and oxygen atoms in total. The molecule has 2 aromatic rings. The second-order valence-electron chi connectivity index (χ2n) is 4.30. The van der Waals surface area contributed by atoms with E-state index in [9.17, 15) is 25.0 Å². The Bertz CT molecular complexity index is 785. The number of halogens is 2. The summed E-state index contributed by atoms with van der Waals surface area (Å²) >= 11 is 11.8. The molecule has 0 aliphatic heterocycles. The number of hydrogen-bond donors (Lipinski definition) is 1. The maximum Gasteiger partial charge on any atom is 0.272 e. The molecule has 0 spiro atoms. The lowest BCUT2D eigenvalue weighted by molar-refractivity contribution is -0.385. The minimum Gasteiger partial charge on any atom is -0.319 e. The quantitative estimate of drug-likeness (QED) is 0.655. The first-order chi connectivity index (χ1) is 10.8. The van der Waals surface area contributed by atoms with E-state index in [1.54, 1.807) is 0 Å². The number of benzene rings is 2. The number of amides is 1. The number of anilines is 1. The van der Waals surface area contributed by atoms with Crippen LogP contribution in [0, 0.1) is 20.2 Å². The summed E-state index contributed by atoms with van der Waals surface area (Å²) in [6.07, 6.45) is 0. The first-order valence-electron chi connectivity index (χ1n) is 5.99. The molecule has 1 amide bonds. The van der Waals surface area contributed by atoms with Crippen molar-refractivity contribution in [3.05, 3.63) is 72.2 Å². The van der Waals surface area contributed by atoms with Crippen molar-refractivity contribution in [2.75, 3.05) is 5.32 Å². The lowest BCUT2D eigenvalue weighted by Gasteiger charge is -2.09. The van der Waals surface area contributed by atoms with Crippen LogP contribution in [-0.2, 0) is 0 Å². The summed E-state index contributed by atoms with van der Waals surface area (Å²) in [7, 11) is 0. The van der Waals surface area contributed by atoms with Gasteiger partial charge in [-0.15, -0.1) is 0 Å². The summed E-state index contributed by atoms with van der Waals surface area (Å²) in [5, 5.41) is 23.5. The first kappa shape index (κ1) is 16.7. The standard InChI is InChI=1S/C13H7Cl2N3O5/c14-10-5-9(18(22)23)6-11(15)12(10)16-13(19)7-1-3-8(4-2-7)17(20)21/h1-6H,(H,16,19). The highest BCUT2D eigenvalue weighted by Crippen LogP contribution is 2.35. The third kappa shape index (κ3) is 3.74. The number of nitrogens with zero attached hydrogens (tertiary/aromatic N) is 2. The zero-order chi connectivity index (χ0) is 17.1. The molecular weight excluding hydrogens is 349 g/mol. The number of non-ortho nitro benzene ring substituents is 2. The van der Waals surface area contributed by atoms with Gasteiger partial charge in [0.15, 0.2) is 0 Å². The van der Waals surface area contributed by atoms with E-state index in [0.29, 0.717) is 0 Å². The van der Waals surface area contributed by atoms with Crippen LogP contribution in [0.4, 0.5) is 17.1 Å².